The molecule has 0 aliphatic heterocycles. The standard InChI is InChI=1S/C24H20N2O3/c1-16-11-12-17(2)21(13-16)26-23(27)22(19-8-4-3-5-9-19)29-24(28)20-10-6-7-18(14-20)15-25/h3-14,22H,1-2H3,(H,26,27)/t22-/m1/s1. The fourth-order valence-corrected chi connectivity index (χ4v) is 2.86. The van der Waals surface area contributed by atoms with Gasteiger partial charge in [0.15, 0.2) is 0 Å². The fourth-order valence-electron chi connectivity index (χ4n) is 2.86. The highest BCUT2D eigenvalue weighted by atomic mass is 16.5. The lowest BCUT2D eigenvalue weighted by molar-refractivity contribution is -0.125. The Morgan fingerprint density at radius 1 is 0.966 bits per heavy atom. The van der Waals surface area contributed by atoms with Crippen LogP contribution in [-0.2, 0) is 9.53 Å². The summed E-state index contributed by atoms with van der Waals surface area (Å²) in [5.74, 6) is -1.12. The number of ether oxygens (including phenoxy) is 1. The predicted molar refractivity (Wildman–Crippen MR) is 110 cm³/mol. The van der Waals surface area contributed by atoms with Gasteiger partial charge in [-0.1, -0.05) is 48.5 Å². The molecule has 0 saturated heterocycles. The van der Waals surface area contributed by atoms with Gasteiger partial charge in [-0.15, -0.1) is 0 Å². The summed E-state index contributed by atoms with van der Waals surface area (Å²) in [6.45, 7) is 3.83. The van der Waals surface area contributed by atoms with E-state index in [1.54, 1.807) is 42.5 Å². The van der Waals surface area contributed by atoms with Crippen LogP contribution in [0, 0.1) is 25.2 Å². The maximum atomic E-state index is 13.0. The van der Waals surface area contributed by atoms with E-state index >= 15 is 0 Å². The van der Waals surface area contributed by atoms with Crippen LogP contribution in [0.25, 0.3) is 0 Å². The molecule has 0 fully saturated rings. The van der Waals surface area contributed by atoms with E-state index in [2.05, 4.69) is 5.32 Å². The smallest absolute Gasteiger partial charge is 0.339 e. The average molecular weight is 384 g/mol. The molecule has 3 aromatic rings. The van der Waals surface area contributed by atoms with E-state index in [-0.39, 0.29) is 5.56 Å². The minimum atomic E-state index is -1.13. The number of rotatable bonds is 5. The van der Waals surface area contributed by atoms with E-state index in [1.165, 1.54) is 6.07 Å². The molecular weight excluding hydrogens is 364 g/mol. The maximum absolute atomic E-state index is 13.0. The summed E-state index contributed by atoms with van der Waals surface area (Å²) in [6, 6.07) is 22.7. The number of benzene rings is 3. The van der Waals surface area contributed by atoms with E-state index in [0.29, 0.717) is 16.8 Å². The van der Waals surface area contributed by atoms with Crippen molar-refractivity contribution in [3.05, 3.63) is 101 Å². The zero-order valence-electron chi connectivity index (χ0n) is 16.2. The van der Waals surface area contributed by atoms with Gasteiger partial charge in [0.05, 0.1) is 17.2 Å². The van der Waals surface area contributed by atoms with Crippen LogP contribution in [-0.4, -0.2) is 11.9 Å². The van der Waals surface area contributed by atoms with Crippen LogP contribution in [0.1, 0.15) is 38.7 Å². The van der Waals surface area contributed by atoms with Crippen molar-refractivity contribution in [2.75, 3.05) is 5.32 Å². The SMILES string of the molecule is Cc1ccc(C)c(NC(=O)[C@H](OC(=O)c2cccc(C#N)c2)c2ccccc2)c1. The Hall–Kier alpha value is -3.91. The molecule has 5 nitrogen and oxygen atoms in total. The highest BCUT2D eigenvalue weighted by Crippen LogP contribution is 2.24. The van der Waals surface area contributed by atoms with Crippen molar-refractivity contribution in [3.8, 4) is 6.07 Å². The van der Waals surface area contributed by atoms with E-state index in [4.69, 9.17) is 10.00 Å². The third kappa shape index (κ3) is 4.88. The number of aryl methyl sites for hydroxylation is 2. The molecule has 0 aliphatic carbocycles. The maximum Gasteiger partial charge on any atom is 0.339 e. The first kappa shape index (κ1) is 19.8. The van der Waals surface area contributed by atoms with Crippen LogP contribution in [0.15, 0.2) is 72.8 Å². The Bertz CT molecular complexity index is 1080. The highest BCUT2D eigenvalue weighted by Gasteiger charge is 2.26. The highest BCUT2D eigenvalue weighted by molar-refractivity contribution is 5.98. The quantitative estimate of drug-likeness (QED) is 0.646. The number of carbonyl (C=O) groups is 2. The minimum Gasteiger partial charge on any atom is -0.444 e. The van der Waals surface area contributed by atoms with Gasteiger partial charge < -0.3 is 10.1 Å². The van der Waals surface area contributed by atoms with Crippen LogP contribution >= 0.6 is 0 Å². The first-order valence-electron chi connectivity index (χ1n) is 9.12. The Labute approximate surface area is 169 Å². The third-order valence-corrected chi connectivity index (χ3v) is 4.44. The number of hydrogen-bond donors (Lipinski definition) is 1. The molecule has 0 bridgehead atoms. The van der Waals surface area contributed by atoms with Crippen LogP contribution < -0.4 is 5.32 Å². The first-order valence-corrected chi connectivity index (χ1v) is 9.12. The van der Waals surface area contributed by atoms with Crippen molar-refractivity contribution in [3.63, 3.8) is 0 Å². The molecule has 0 heterocycles. The Balaban J connectivity index is 1.88. The van der Waals surface area contributed by atoms with Crippen LogP contribution in [0.3, 0.4) is 0 Å². The minimum absolute atomic E-state index is 0.213. The van der Waals surface area contributed by atoms with Gasteiger partial charge in [-0.05, 0) is 49.2 Å². The summed E-state index contributed by atoms with van der Waals surface area (Å²) in [5.41, 5.74) is 3.69. The second kappa shape index (κ2) is 8.85. The van der Waals surface area contributed by atoms with Crippen LogP contribution in [0.5, 0.6) is 0 Å². The average Bonchev–Trinajstić information content (AvgIpc) is 2.75. The van der Waals surface area contributed by atoms with E-state index < -0.39 is 18.0 Å². The lowest BCUT2D eigenvalue weighted by Crippen LogP contribution is -2.26. The second-order valence-corrected chi connectivity index (χ2v) is 6.70. The molecule has 0 aliphatic rings. The largest absolute Gasteiger partial charge is 0.444 e. The Kier molecular flexibility index (Phi) is 6.06. The molecular formula is C24H20N2O3. The number of nitrogens with zero attached hydrogens (tertiary/aromatic N) is 1. The van der Waals surface area contributed by atoms with Gasteiger partial charge in [0, 0.05) is 11.3 Å². The molecule has 144 valence electrons. The molecule has 1 N–H and O–H groups in total. The van der Waals surface area contributed by atoms with Gasteiger partial charge in [0.25, 0.3) is 5.91 Å². The van der Waals surface area contributed by atoms with Crippen molar-refractivity contribution >= 4 is 17.6 Å². The number of carbonyl (C=O) groups excluding carboxylic acids is 2. The third-order valence-electron chi connectivity index (χ3n) is 4.44. The predicted octanol–water partition coefficient (Wildman–Crippen LogP) is 4.71. The molecule has 0 spiro atoms. The van der Waals surface area contributed by atoms with Crippen molar-refractivity contribution in [1.29, 1.82) is 5.26 Å². The molecule has 0 aromatic heterocycles. The topological polar surface area (TPSA) is 79.2 Å². The molecule has 5 heteroatoms. The summed E-state index contributed by atoms with van der Waals surface area (Å²) >= 11 is 0. The van der Waals surface area contributed by atoms with Gasteiger partial charge in [-0.3, -0.25) is 4.79 Å². The molecule has 1 amide bonds. The monoisotopic (exact) mass is 384 g/mol. The number of hydrogen-bond acceptors (Lipinski definition) is 4. The zero-order valence-corrected chi connectivity index (χ0v) is 16.2. The first-order chi connectivity index (χ1) is 14.0. The Morgan fingerprint density at radius 3 is 2.45 bits per heavy atom. The van der Waals surface area contributed by atoms with Gasteiger partial charge in [-0.25, -0.2) is 4.79 Å². The Morgan fingerprint density at radius 2 is 1.72 bits per heavy atom. The molecule has 29 heavy (non-hydrogen) atoms. The van der Waals surface area contributed by atoms with E-state index in [0.717, 1.165) is 11.1 Å². The number of nitriles is 1. The molecule has 0 saturated carbocycles. The van der Waals surface area contributed by atoms with Gasteiger partial charge in [-0.2, -0.15) is 5.26 Å². The van der Waals surface area contributed by atoms with Gasteiger partial charge in [0.1, 0.15) is 0 Å². The lowest BCUT2D eigenvalue weighted by atomic mass is 10.1. The number of nitrogens with one attached hydrogen (secondary N) is 1. The van der Waals surface area contributed by atoms with Crippen molar-refractivity contribution in [2.24, 2.45) is 0 Å². The van der Waals surface area contributed by atoms with Gasteiger partial charge >= 0.3 is 5.97 Å². The summed E-state index contributed by atoms with van der Waals surface area (Å²) in [7, 11) is 0. The lowest BCUT2D eigenvalue weighted by Gasteiger charge is -2.19. The molecule has 0 unspecified atom stereocenters. The van der Waals surface area contributed by atoms with Crippen molar-refractivity contribution in [1.82, 2.24) is 0 Å². The summed E-state index contributed by atoms with van der Waals surface area (Å²) < 4.78 is 5.57. The fraction of sp³-hybridized carbons (Fsp3) is 0.125. The number of anilines is 1. The van der Waals surface area contributed by atoms with Gasteiger partial charge in [0.2, 0.25) is 6.10 Å². The second-order valence-electron chi connectivity index (χ2n) is 6.70. The molecule has 1 atom stereocenters. The van der Waals surface area contributed by atoms with Crippen molar-refractivity contribution in [2.45, 2.75) is 20.0 Å². The zero-order chi connectivity index (χ0) is 20.8. The van der Waals surface area contributed by atoms with Crippen LogP contribution in [0.2, 0.25) is 0 Å². The summed E-state index contributed by atoms with van der Waals surface area (Å²) in [5, 5.41) is 11.9. The normalized spacial score (nSPS) is 11.2. The van der Waals surface area contributed by atoms with Crippen molar-refractivity contribution < 1.29 is 14.3 Å². The number of esters is 1. The van der Waals surface area contributed by atoms with E-state index in [1.807, 2.05) is 44.2 Å². The summed E-state index contributed by atoms with van der Waals surface area (Å²) in [4.78, 5) is 25.7. The summed E-state index contributed by atoms with van der Waals surface area (Å²) in [6.07, 6.45) is -1.13. The molecule has 0 radical (unpaired) electrons. The van der Waals surface area contributed by atoms with Crippen LogP contribution in [0.4, 0.5) is 5.69 Å². The van der Waals surface area contributed by atoms with E-state index in [9.17, 15) is 9.59 Å². The molecule has 3 rings (SSSR count). The molecule has 3 aromatic carbocycles. The number of amides is 1.